The van der Waals surface area contributed by atoms with Crippen LogP contribution in [-0.4, -0.2) is 29.7 Å². The molecule has 1 N–H and O–H groups in total. The molecule has 0 unspecified atom stereocenters. The number of aliphatic carboxylic acids is 1. The van der Waals surface area contributed by atoms with Gasteiger partial charge in [0.15, 0.2) is 0 Å². The van der Waals surface area contributed by atoms with E-state index in [4.69, 9.17) is 5.11 Å². The number of carbonyl (C=O) groups is 1. The van der Waals surface area contributed by atoms with Crippen molar-refractivity contribution in [2.75, 3.05) is 6.26 Å². The Morgan fingerprint density at radius 1 is 1.47 bits per heavy atom. The van der Waals surface area contributed by atoms with Crippen LogP contribution in [0.15, 0.2) is 6.07 Å². The predicted molar refractivity (Wildman–Crippen MR) is 55.5 cm³/mol. The Morgan fingerprint density at radius 3 is 2.33 bits per heavy atom. The first-order valence-electron chi connectivity index (χ1n) is 4.33. The molecule has 0 amide bonds. The molecule has 1 rings (SSSR count). The number of hydrogen-bond donors (Lipinski definition) is 1. The molecular formula is C9H13NO4S. The zero-order valence-electron chi connectivity index (χ0n) is 8.81. The lowest BCUT2D eigenvalue weighted by molar-refractivity contribution is -0.136. The number of aromatic nitrogens is 1. The van der Waals surface area contributed by atoms with Crippen molar-refractivity contribution in [1.29, 1.82) is 0 Å². The Bertz CT molecular complexity index is 498. The Morgan fingerprint density at radius 2 is 2.00 bits per heavy atom. The van der Waals surface area contributed by atoms with Gasteiger partial charge in [-0.15, -0.1) is 0 Å². The van der Waals surface area contributed by atoms with Crippen molar-refractivity contribution in [2.24, 2.45) is 0 Å². The van der Waals surface area contributed by atoms with Crippen LogP contribution in [0, 0.1) is 13.8 Å². The Balaban J connectivity index is 3.33. The van der Waals surface area contributed by atoms with Gasteiger partial charge in [-0.1, -0.05) is 0 Å². The minimum absolute atomic E-state index is 0.158. The van der Waals surface area contributed by atoms with Crippen LogP contribution in [0.25, 0.3) is 0 Å². The highest BCUT2D eigenvalue weighted by atomic mass is 32.2. The maximum Gasteiger partial charge on any atom is 0.307 e. The van der Waals surface area contributed by atoms with E-state index in [9.17, 15) is 13.2 Å². The lowest BCUT2D eigenvalue weighted by Gasteiger charge is -2.05. The molecule has 0 radical (unpaired) electrons. The number of carboxylic acids is 1. The Labute approximate surface area is 88.4 Å². The summed E-state index contributed by atoms with van der Waals surface area (Å²) in [7, 11) is -3.36. The smallest absolute Gasteiger partial charge is 0.307 e. The average molecular weight is 231 g/mol. The van der Waals surface area contributed by atoms with E-state index >= 15 is 0 Å². The first kappa shape index (κ1) is 11.8. The van der Waals surface area contributed by atoms with Crippen LogP contribution in [0.4, 0.5) is 0 Å². The zero-order chi connectivity index (χ0) is 11.8. The summed E-state index contributed by atoms with van der Waals surface area (Å²) in [6.45, 7) is 3.24. The largest absolute Gasteiger partial charge is 0.481 e. The maximum atomic E-state index is 11.4. The van der Waals surface area contributed by atoms with Crippen molar-refractivity contribution in [3.8, 4) is 0 Å². The molecule has 1 aromatic heterocycles. The summed E-state index contributed by atoms with van der Waals surface area (Å²) in [6.07, 6.45) is 0.937. The first-order chi connectivity index (χ1) is 6.73. The van der Waals surface area contributed by atoms with E-state index in [0.717, 1.165) is 10.2 Å². The fraction of sp³-hybridized carbons (Fsp3) is 0.444. The van der Waals surface area contributed by atoms with Gasteiger partial charge in [0, 0.05) is 11.4 Å². The van der Waals surface area contributed by atoms with Crippen molar-refractivity contribution in [3.05, 3.63) is 23.0 Å². The van der Waals surface area contributed by atoms with Crippen LogP contribution in [0.2, 0.25) is 0 Å². The first-order valence-corrected chi connectivity index (χ1v) is 6.18. The molecule has 0 aromatic carbocycles. The van der Waals surface area contributed by atoms with Gasteiger partial charge < -0.3 is 5.11 Å². The maximum absolute atomic E-state index is 11.4. The van der Waals surface area contributed by atoms with Crippen molar-refractivity contribution < 1.29 is 18.3 Å². The molecule has 0 saturated heterocycles. The van der Waals surface area contributed by atoms with E-state index in [1.165, 1.54) is 0 Å². The highest BCUT2D eigenvalue weighted by Crippen LogP contribution is 2.17. The number of carboxylic acid groups (broad SMARTS) is 1. The quantitative estimate of drug-likeness (QED) is 0.823. The molecule has 0 aliphatic carbocycles. The highest BCUT2D eigenvalue weighted by Gasteiger charge is 2.17. The number of nitrogens with zero attached hydrogens (tertiary/aromatic N) is 1. The van der Waals surface area contributed by atoms with Crippen LogP contribution in [0.1, 0.15) is 17.0 Å². The normalized spacial score (nSPS) is 11.7. The molecule has 84 valence electrons. The van der Waals surface area contributed by atoms with Gasteiger partial charge in [0.25, 0.3) is 0 Å². The van der Waals surface area contributed by atoms with Crippen LogP contribution in [0.3, 0.4) is 0 Å². The summed E-state index contributed by atoms with van der Waals surface area (Å²) in [6, 6.07) is 1.59. The highest BCUT2D eigenvalue weighted by molar-refractivity contribution is 7.89. The predicted octanol–water partition coefficient (Wildman–Crippen LogP) is 0.540. The van der Waals surface area contributed by atoms with E-state index in [0.29, 0.717) is 17.0 Å². The summed E-state index contributed by atoms with van der Waals surface area (Å²) in [5.74, 6) is -0.969. The van der Waals surface area contributed by atoms with Crippen molar-refractivity contribution in [3.63, 3.8) is 0 Å². The van der Waals surface area contributed by atoms with Gasteiger partial charge in [0.2, 0.25) is 10.0 Å². The zero-order valence-corrected chi connectivity index (χ0v) is 9.63. The topological polar surface area (TPSA) is 76.4 Å². The van der Waals surface area contributed by atoms with Gasteiger partial charge in [0.1, 0.15) is 0 Å². The standard InChI is InChI=1S/C9H13NO4S/c1-6-4-8(5-9(11)12)7(2)10(6)15(3,13)14/h4H,5H2,1-3H3,(H,11,12). The van der Waals surface area contributed by atoms with Gasteiger partial charge >= 0.3 is 5.97 Å². The third-order valence-corrected chi connectivity index (χ3v) is 3.37. The molecule has 15 heavy (non-hydrogen) atoms. The lowest BCUT2D eigenvalue weighted by atomic mass is 10.2. The van der Waals surface area contributed by atoms with Crippen molar-refractivity contribution in [2.45, 2.75) is 20.3 Å². The van der Waals surface area contributed by atoms with E-state index in [1.807, 2.05) is 0 Å². The van der Waals surface area contributed by atoms with E-state index in [1.54, 1.807) is 19.9 Å². The summed E-state index contributed by atoms with van der Waals surface area (Å²) >= 11 is 0. The lowest BCUT2D eigenvalue weighted by Crippen LogP contribution is -2.13. The van der Waals surface area contributed by atoms with Gasteiger partial charge in [-0.25, -0.2) is 12.4 Å². The molecular weight excluding hydrogens is 218 g/mol. The molecule has 0 fully saturated rings. The van der Waals surface area contributed by atoms with Crippen LogP contribution >= 0.6 is 0 Å². The fourth-order valence-corrected chi connectivity index (χ4v) is 2.85. The third kappa shape index (κ3) is 2.38. The monoisotopic (exact) mass is 231 g/mol. The second kappa shape index (κ2) is 3.69. The molecule has 1 heterocycles. The Hall–Kier alpha value is -1.30. The SMILES string of the molecule is Cc1cc(CC(=O)O)c(C)n1S(C)(=O)=O. The molecule has 0 saturated carbocycles. The molecule has 0 aliphatic heterocycles. The molecule has 6 heteroatoms. The molecule has 5 nitrogen and oxygen atoms in total. The number of hydrogen-bond acceptors (Lipinski definition) is 3. The fourth-order valence-electron chi connectivity index (χ4n) is 1.66. The average Bonchev–Trinajstić information content (AvgIpc) is 2.23. The third-order valence-electron chi connectivity index (χ3n) is 2.15. The minimum Gasteiger partial charge on any atom is -0.481 e. The van der Waals surface area contributed by atoms with Crippen molar-refractivity contribution in [1.82, 2.24) is 3.97 Å². The van der Waals surface area contributed by atoms with E-state index in [-0.39, 0.29) is 6.42 Å². The van der Waals surface area contributed by atoms with Gasteiger partial charge in [-0.2, -0.15) is 0 Å². The molecule has 0 bridgehead atoms. The second-order valence-corrected chi connectivity index (χ2v) is 5.33. The van der Waals surface area contributed by atoms with Crippen LogP contribution < -0.4 is 0 Å². The van der Waals surface area contributed by atoms with E-state index in [2.05, 4.69) is 0 Å². The number of rotatable bonds is 3. The van der Waals surface area contributed by atoms with E-state index < -0.39 is 16.0 Å². The Kier molecular flexibility index (Phi) is 2.90. The summed E-state index contributed by atoms with van der Waals surface area (Å²) in [4.78, 5) is 10.5. The number of aryl methyl sites for hydroxylation is 1. The minimum atomic E-state index is -3.36. The van der Waals surface area contributed by atoms with Gasteiger partial charge in [0.05, 0.1) is 12.7 Å². The van der Waals surface area contributed by atoms with Crippen LogP contribution in [-0.2, 0) is 21.2 Å². The second-order valence-electron chi connectivity index (χ2n) is 3.49. The van der Waals surface area contributed by atoms with Crippen LogP contribution in [0.5, 0.6) is 0 Å². The summed E-state index contributed by atoms with van der Waals surface area (Å²) in [5.41, 5.74) is 1.54. The molecule has 1 aromatic rings. The summed E-state index contributed by atoms with van der Waals surface area (Å²) in [5, 5.41) is 8.64. The molecule has 0 aliphatic rings. The van der Waals surface area contributed by atoms with Crippen molar-refractivity contribution >= 4 is 16.0 Å². The summed E-state index contributed by atoms with van der Waals surface area (Å²) < 4.78 is 23.9. The molecule has 0 spiro atoms. The van der Waals surface area contributed by atoms with Gasteiger partial charge in [-0.3, -0.25) is 4.79 Å². The molecule has 0 atom stereocenters. The van der Waals surface area contributed by atoms with Gasteiger partial charge in [-0.05, 0) is 25.5 Å².